The average molecular weight is 343 g/mol. The number of nitrogens with one attached hydrogen (secondary N) is 1. The third kappa shape index (κ3) is 3.33. The molecule has 0 spiro atoms. The number of nitrogens with zero attached hydrogens (tertiary/aromatic N) is 4. The lowest BCUT2D eigenvalue weighted by molar-refractivity contribution is 0.0484. The molecule has 2 amide bonds. The van der Waals surface area contributed by atoms with Crippen LogP contribution in [0, 0.1) is 11.8 Å². The van der Waals surface area contributed by atoms with Gasteiger partial charge < -0.3 is 15.0 Å². The van der Waals surface area contributed by atoms with E-state index in [0.717, 1.165) is 57.0 Å². The molecule has 7 heteroatoms. The molecular formula is C18H25N5O2. The van der Waals surface area contributed by atoms with Gasteiger partial charge in [-0.2, -0.15) is 0 Å². The van der Waals surface area contributed by atoms with Crippen molar-refractivity contribution in [1.82, 2.24) is 24.8 Å². The molecule has 2 atom stereocenters. The van der Waals surface area contributed by atoms with E-state index < -0.39 is 0 Å². The van der Waals surface area contributed by atoms with Crippen molar-refractivity contribution in [3.8, 4) is 0 Å². The van der Waals surface area contributed by atoms with Crippen LogP contribution in [-0.2, 0) is 4.74 Å². The molecule has 0 aliphatic carbocycles. The van der Waals surface area contributed by atoms with E-state index in [0.29, 0.717) is 11.8 Å². The van der Waals surface area contributed by atoms with Crippen LogP contribution in [0.3, 0.4) is 0 Å². The van der Waals surface area contributed by atoms with Crippen LogP contribution in [0.4, 0.5) is 4.79 Å². The Balaban J connectivity index is 1.37. The zero-order valence-electron chi connectivity index (χ0n) is 14.6. The number of hydrogen-bond acceptors (Lipinski definition) is 4. The second-order valence-electron chi connectivity index (χ2n) is 7.10. The fraction of sp³-hybridized carbons (Fsp3) is 0.611. The van der Waals surface area contributed by atoms with Gasteiger partial charge in [0.15, 0.2) is 11.5 Å². The highest BCUT2D eigenvalue weighted by molar-refractivity contribution is 5.74. The Labute approximate surface area is 147 Å². The second-order valence-corrected chi connectivity index (χ2v) is 7.10. The molecule has 1 N–H and O–H groups in total. The number of ether oxygens (including phenoxy) is 1. The number of fused-ring (bicyclic) bond motifs is 1. The van der Waals surface area contributed by atoms with Crippen LogP contribution in [0.5, 0.6) is 0 Å². The highest BCUT2D eigenvalue weighted by Crippen LogP contribution is 2.31. The number of likely N-dealkylation sites (tertiary alicyclic amines) is 1. The third-order valence-corrected chi connectivity index (χ3v) is 5.51. The first kappa shape index (κ1) is 16.3. The Morgan fingerprint density at radius 3 is 2.92 bits per heavy atom. The van der Waals surface area contributed by atoms with E-state index in [2.05, 4.69) is 15.5 Å². The summed E-state index contributed by atoms with van der Waals surface area (Å²) in [5.74, 6) is 2.06. The van der Waals surface area contributed by atoms with Gasteiger partial charge >= 0.3 is 6.03 Å². The van der Waals surface area contributed by atoms with E-state index in [4.69, 9.17) is 4.74 Å². The summed E-state index contributed by atoms with van der Waals surface area (Å²) in [5, 5.41) is 11.5. The van der Waals surface area contributed by atoms with Crippen molar-refractivity contribution in [2.75, 3.05) is 26.3 Å². The van der Waals surface area contributed by atoms with Gasteiger partial charge in [-0.3, -0.25) is 4.40 Å². The van der Waals surface area contributed by atoms with Gasteiger partial charge in [-0.25, -0.2) is 4.79 Å². The molecule has 2 aliphatic heterocycles. The molecule has 134 valence electrons. The molecule has 25 heavy (non-hydrogen) atoms. The monoisotopic (exact) mass is 343 g/mol. The summed E-state index contributed by atoms with van der Waals surface area (Å²) in [5.41, 5.74) is 0.791. The Hall–Kier alpha value is -2.15. The minimum atomic E-state index is -0.188. The minimum Gasteiger partial charge on any atom is -0.381 e. The number of carbonyl (C=O) groups is 1. The third-order valence-electron chi connectivity index (χ3n) is 5.51. The molecule has 4 heterocycles. The highest BCUT2D eigenvalue weighted by Gasteiger charge is 2.33. The van der Waals surface area contributed by atoms with Gasteiger partial charge in [0.25, 0.3) is 0 Å². The maximum atomic E-state index is 12.6. The highest BCUT2D eigenvalue weighted by atomic mass is 16.5. The van der Waals surface area contributed by atoms with Gasteiger partial charge in [-0.15, -0.1) is 10.2 Å². The van der Waals surface area contributed by atoms with Crippen LogP contribution in [0.1, 0.15) is 38.1 Å². The number of carbonyl (C=O) groups excluding carboxylic acids is 1. The Bertz CT molecular complexity index is 740. The van der Waals surface area contributed by atoms with Crippen molar-refractivity contribution in [3.63, 3.8) is 0 Å². The van der Waals surface area contributed by atoms with E-state index in [-0.39, 0.29) is 12.1 Å². The summed E-state index contributed by atoms with van der Waals surface area (Å²) in [7, 11) is 0. The number of pyridine rings is 1. The van der Waals surface area contributed by atoms with Gasteiger partial charge in [-0.05, 0) is 50.2 Å². The first-order valence-corrected chi connectivity index (χ1v) is 9.15. The molecular weight excluding hydrogens is 318 g/mol. The van der Waals surface area contributed by atoms with Gasteiger partial charge in [-0.1, -0.05) is 6.07 Å². The van der Waals surface area contributed by atoms with Crippen molar-refractivity contribution in [2.24, 2.45) is 11.8 Å². The number of hydrogen-bond donors (Lipinski definition) is 1. The van der Waals surface area contributed by atoms with Crippen molar-refractivity contribution < 1.29 is 9.53 Å². The van der Waals surface area contributed by atoms with Gasteiger partial charge in [0, 0.05) is 32.5 Å². The fourth-order valence-corrected chi connectivity index (χ4v) is 4.04. The normalized spacial score (nSPS) is 23.1. The molecule has 2 saturated heterocycles. The van der Waals surface area contributed by atoms with Crippen molar-refractivity contribution in [3.05, 3.63) is 30.2 Å². The molecule has 2 unspecified atom stereocenters. The predicted molar refractivity (Wildman–Crippen MR) is 93.2 cm³/mol. The molecule has 2 aromatic heterocycles. The van der Waals surface area contributed by atoms with E-state index in [1.807, 2.05) is 40.6 Å². The topological polar surface area (TPSA) is 71.8 Å². The zero-order valence-corrected chi connectivity index (χ0v) is 14.6. The Kier molecular flexibility index (Phi) is 4.57. The van der Waals surface area contributed by atoms with Crippen LogP contribution in [0.15, 0.2) is 24.4 Å². The number of aromatic nitrogens is 3. The zero-order chi connectivity index (χ0) is 17.2. The summed E-state index contributed by atoms with van der Waals surface area (Å²) in [6, 6.07) is 5.58. The molecule has 2 aromatic rings. The van der Waals surface area contributed by atoms with E-state index in [9.17, 15) is 4.79 Å². The van der Waals surface area contributed by atoms with Gasteiger partial charge in [0.1, 0.15) is 0 Å². The smallest absolute Gasteiger partial charge is 0.317 e. The van der Waals surface area contributed by atoms with Crippen LogP contribution in [-0.4, -0.2) is 51.8 Å². The molecule has 0 aromatic carbocycles. The lowest BCUT2D eigenvalue weighted by atomic mass is 9.85. The van der Waals surface area contributed by atoms with Crippen molar-refractivity contribution in [1.29, 1.82) is 0 Å². The maximum Gasteiger partial charge on any atom is 0.317 e. The molecule has 2 fully saturated rings. The molecule has 7 nitrogen and oxygen atoms in total. The fourth-order valence-electron chi connectivity index (χ4n) is 4.04. The van der Waals surface area contributed by atoms with Crippen molar-refractivity contribution in [2.45, 2.75) is 32.2 Å². The first-order chi connectivity index (χ1) is 12.2. The number of rotatable bonds is 3. The van der Waals surface area contributed by atoms with E-state index in [1.165, 1.54) is 0 Å². The molecule has 0 bridgehead atoms. The van der Waals surface area contributed by atoms with Crippen LogP contribution < -0.4 is 5.32 Å². The van der Waals surface area contributed by atoms with Crippen LogP contribution in [0.25, 0.3) is 5.65 Å². The van der Waals surface area contributed by atoms with E-state index in [1.54, 1.807) is 0 Å². The van der Waals surface area contributed by atoms with E-state index >= 15 is 0 Å². The lowest BCUT2D eigenvalue weighted by Gasteiger charge is -2.27. The average Bonchev–Trinajstić information content (AvgIpc) is 3.30. The number of amides is 2. The Morgan fingerprint density at radius 1 is 1.24 bits per heavy atom. The predicted octanol–water partition coefficient (Wildman–Crippen LogP) is 2.25. The molecule has 0 radical (unpaired) electrons. The number of urea groups is 1. The summed E-state index contributed by atoms with van der Waals surface area (Å²) >= 11 is 0. The summed E-state index contributed by atoms with van der Waals surface area (Å²) in [6.45, 7) is 5.37. The van der Waals surface area contributed by atoms with Crippen LogP contribution in [0.2, 0.25) is 0 Å². The maximum absolute atomic E-state index is 12.6. The van der Waals surface area contributed by atoms with Gasteiger partial charge in [0.05, 0.1) is 6.04 Å². The summed E-state index contributed by atoms with van der Waals surface area (Å²) < 4.78 is 7.37. The minimum absolute atomic E-state index is 0.00487. The summed E-state index contributed by atoms with van der Waals surface area (Å²) in [6.07, 6.45) is 5.27. The first-order valence-electron chi connectivity index (χ1n) is 9.15. The van der Waals surface area contributed by atoms with Crippen molar-refractivity contribution >= 4 is 11.7 Å². The second kappa shape index (κ2) is 7.00. The quantitative estimate of drug-likeness (QED) is 0.928. The van der Waals surface area contributed by atoms with Gasteiger partial charge in [0.2, 0.25) is 0 Å². The molecule has 4 rings (SSSR count). The summed E-state index contributed by atoms with van der Waals surface area (Å²) in [4.78, 5) is 14.6. The lowest BCUT2D eigenvalue weighted by Crippen LogP contribution is -2.40. The largest absolute Gasteiger partial charge is 0.381 e. The molecule has 2 aliphatic rings. The Morgan fingerprint density at radius 2 is 2.08 bits per heavy atom. The molecule has 0 saturated carbocycles. The SMILES string of the molecule is CC(NC(=O)N1CCC(C2CCOCC2)C1)c1nnc2ccccn12. The van der Waals surface area contributed by atoms with Crippen LogP contribution >= 0.6 is 0 Å². The standard InChI is InChI=1S/C18H25N5O2/c1-13(17-21-20-16-4-2-3-8-23(16)17)19-18(24)22-9-5-15(12-22)14-6-10-25-11-7-14/h2-4,8,13-15H,5-7,9-12H2,1H3,(H,19,24).